The molecule has 27 heavy (non-hydrogen) atoms. The zero-order valence-corrected chi connectivity index (χ0v) is 15.3. The van der Waals surface area contributed by atoms with Gasteiger partial charge in [0.25, 0.3) is 5.91 Å². The minimum absolute atomic E-state index is 0.277. The average molecular weight is 366 g/mol. The van der Waals surface area contributed by atoms with Gasteiger partial charge in [-0.1, -0.05) is 30.3 Å². The lowest BCUT2D eigenvalue weighted by Gasteiger charge is -2.14. The Balaban J connectivity index is 1.69. The smallest absolute Gasteiger partial charge is 0.257 e. The molecule has 7 nitrogen and oxygen atoms in total. The Morgan fingerprint density at radius 2 is 1.96 bits per heavy atom. The highest BCUT2D eigenvalue weighted by Gasteiger charge is 2.18. The summed E-state index contributed by atoms with van der Waals surface area (Å²) in [4.78, 5) is 24.4. The molecule has 1 aromatic carbocycles. The number of ether oxygens (including phenoxy) is 2. The maximum atomic E-state index is 12.7. The molecule has 0 aliphatic heterocycles. The van der Waals surface area contributed by atoms with Gasteiger partial charge in [-0.15, -0.1) is 0 Å². The van der Waals surface area contributed by atoms with Crippen molar-refractivity contribution in [3.63, 3.8) is 0 Å². The van der Waals surface area contributed by atoms with E-state index in [1.54, 1.807) is 31.6 Å². The van der Waals surface area contributed by atoms with Crippen molar-refractivity contribution in [2.75, 3.05) is 20.3 Å². The Morgan fingerprint density at radius 1 is 1.15 bits per heavy atom. The summed E-state index contributed by atoms with van der Waals surface area (Å²) in [5, 5.41) is 2.92. The van der Waals surface area contributed by atoms with Crippen LogP contribution in [0.3, 0.4) is 0 Å². The van der Waals surface area contributed by atoms with Crippen LogP contribution in [-0.2, 0) is 4.74 Å². The lowest BCUT2D eigenvalue weighted by molar-refractivity contribution is 0.0929. The Hall–Kier alpha value is -3.19. The molecule has 3 aromatic rings. The van der Waals surface area contributed by atoms with Crippen molar-refractivity contribution in [2.45, 2.75) is 13.0 Å². The van der Waals surface area contributed by atoms with E-state index in [1.807, 2.05) is 37.3 Å². The second-order valence-corrected chi connectivity index (χ2v) is 5.94. The van der Waals surface area contributed by atoms with E-state index >= 15 is 0 Å². The third kappa shape index (κ3) is 4.71. The third-order valence-corrected chi connectivity index (χ3v) is 3.98. The number of benzene rings is 1. The molecule has 2 aromatic heterocycles. The van der Waals surface area contributed by atoms with Gasteiger partial charge in [0.15, 0.2) is 0 Å². The molecular weight excluding hydrogens is 344 g/mol. The van der Waals surface area contributed by atoms with Crippen LogP contribution in [0.25, 0.3) is 11.3 Å². The number of pyridine rings is 1. The van der Waals surface area contributed by atoms with Gasteiger partial charge < -0.3 is 19.8 Å². The van der Waals surface area contributed by atoms with Crippen LogP contribution in [0.4, 0.5) is 0 Å². The van der Waals surface area contributed by atoms with Gasteiger partial charge in [0, 0.05) is 13.3 Å². The Morgan fingerprint density at radius 3 is 2.74 bits per heavy atom. The molecule has 2 N–H and O–H groups in total. The summed E-state index contributed by atoms with van der Waals surface area (Å²) in [7, 11) is 1.59. The standard InChI is InChI=1S/C20H22N4O3/c1-14(18-22-13-17(24-18)15-7-4-3-5-8-15)23-19(25)16-9-6-10-21-20(16)27-12-11-26-2/h3-10,13-14H,11-12H2,1-2H3,(H,22,24)(H,23,25)/t14-/m1/s1. The number of hydrogen-bond acceptors (Lipinski definition) is 5. The van der Waals surface area contributed by atoms with Crippen molar-refractivity contribution in [3.05, 3.63) is 66.2 Å². The highest BCUT2D eigenvalue weighted by Crippen LogP contribution is 2.20. The first-order valence-corrected chi connectivity index (χ1v) is 8.67. The van der Waals surface area contributed by atoms with Crippen LogP contribution in [0.5, 0.6) is 5.88 Å². The van der Waals surface area contributed by atoms with E-state index in [1.165, 1.54) is 0 Å². The summed E-state index contributed by atoms with van der Waals surface area (Å²) >= 11 is 0. The van der Waals surface area contributed by atoms with Gasteiger partial charge in [0.1, 0.15) is 18.0 Å². The van der Waals surface area contributed by atoms with Gasteiger partial charge in [-0.25, -0.2) is 9.97 Å². The Kier molecular flexibility index (Phi) is 6.17. The van der Waals surface area contributed by atoms with Crippen molar-refractivity contribution in [2.24, 2.45) is 0 Å². The fourth-order valence-corrected chi connectivity index (χ4v) is 2.56. The molecule has 0 saturated heterocycles. The normalized spacial score (nSPS) is 11.8. The van der Waals surface area contributed by atoms with Crippen LogP contribution >= 0.6 is 0 Å². The number of nitrogens with one attached hydrogen (secondary N) is 2. The van der Waals surface area contributed by atoms with Crippen molar-refractivity contribution in [1.29, 1.82) is 0 Å². The lowest BCUT2D eigenvalue weighted by Crippen LogP contribution is -2.28. The molecule has 140 valence electrons. The topological polar surface area (TPSA) is 89.1 Å². The molecule has 0 radical (unpaired) electrons. The largest absolute Gasteiger partial charge is 0.475 e. The zero-order chi connectivity index (χ0) is 19.1. The van der Waals surface area contributed by atoms with Crippen molar-refractivity contribution in [3.8, 4) is 17.1 Å². The minimum Gasteiger partial charge on any atom is -0.475 e. The SMILES string of the molecule is COCCOc1ncccc1C(=O)N[C@H](C)c1ncc(-c2ccccc2)[nH]1. The Labute approximate surface area is 157 Å². The summed E-state index contributed by atoms with van der Waals surface area (Å²) in [6.07, 6.45) is 3.34. The number of imidazole rings is 1. The summed E-state index contributed by atoms with van der Waals surface area (Å²) < 4.78 is 10.5. The second kappa shape index (κ2) is 8.95. The number of methoxy groups -OCH3 is 1. The number of carbonyl (C=O) groups excluding carboxylic acids is 1. The molecule has 2 heterocycles. The number of nitrogens with zero attached hydrogens (tertiary/aromatic N) is 2. The molecule has 0 unspecified atom stereocenters. The molecule has 0 spiro atoms. The molecular formula is C20H22N4O3. The quantitative estimate of drug-likeness (QED) is 0.598. The monoisotopic (exact) mass is 366 g/mol. The molecule has 1 amide bonds. The van der Waals surface area contributed by atoms with E-state index in [0.29, 0.717) is 24.6 Å². The van der Waals surface area contributed by atoms with Crippen LogP contribution in [0, 0.1) is 0 Å². The van der Waals surface area contributed by atoms with Gasteiger partial charge in [-0.2, -0.15) is 0 Å². The molecule has 0 bridgehead atoms. The molecule has 0 aliphatic rings. The van der Waals surface area contributed by atoms with Gasteiger partial charge in [-0.05, 0) is 24.6 Å². The van der Waals surface area contributed by atoms with Crippen LogP contribution in [-0.4, -0.2) is 41.2 Å². The fraction of sp³-hybridized carbons (Fsp3) is 0.250. The van der Waals surface area contributed by atoms with Crippen molar-refractivity contribution >= 4 is 5.91 Å². The van der Waals surface area contributed by atoms with Crippen LogP contribution < -0.4 is 10.1 Å². The van der Waals surface area contributed by atoms with E-state index in [4.69, 9.17) is 9.47 Å². The van der Waals surface area contributed by atoms with Crippen LogP contribution in [0.1, 0.15) is 29.1 Å². The third-order valence-electron chi connectivity index (χ3n) is 3.98. The van der Waals surface area contributed by atoms with E-state index in [2.05, 4.69) is 20.3 Å². The number of aromatic amines is 1. The maximum absolute atomic E-state index is 12.7. The number of amides is 1. The molecule has 0 saturated carbocycles. The van der Waals surface area contributed by atoms with E-state index in [9.17, 15) is 4.79 Å². The van der Waals surface area contributed by atoms with Gasteiger partial charge in [0.05, 0.1) is 24.5 Å². The predicted molar refractivity (Wildman–Crippen MR) is 102 cm³/mol. The first kappa shape index (κ1) is 18.6. The number of hydrogen-bond donors (Lipinski definition) is 2. The number of H-pyrrole nitrogens is 1. The van der Waals surface area contributed by atoms with E-state index in [-0.39, 0.29) is 17.8 Å². The van der Waals surface area contributed by atoms with E-state index < -0.39 is 0 Å². The summed E-state index contributed by atoms with van der Waals surface area (Å²) in [5.41, 5.74) is 2.31. The van der Waals surface area contributed by atoms with Gasteiger partial charge in [-0.3, -0.25) is 4.79 Å². The van der Waals surface area contributed by atoms with Crippen LogP contribution in [0.2, 0.25) is 0 Å². The second-order valence-electron chi connectivity index (χ2n) is 5.94. The van der Waals surface area contributed by atoms with Crippen LogP contribution in [0.15, 0.2) is 54.9 Å². The van der Waals surface area contributed by atoms with Gasteiger partial charge >= 0.3 is 0 Å². The van der Waals surface area contributed by atoms with E-state index in [0.717, 1.165) is 11.3 Å². The highest BCUT2D eigenvalue weighted by atomic mass is 16.5. The van der Waals surface area contributed by atoms with Crippen molar-refractivity contribution < 1.29 is 14.3 Å². The molecule has 7 heteroatoms. The summed E-state index contributed by atoms with van der Waals surface area (Å²) in [6.45, 7) is 2.61. The Bertz CT molecular complexity index is 880. The molecule has 3 rings (SSSR count). The number of rotatable bonds is 8. The average Bonchev–Trinajstić information content (AvgIpc) is 3.20. The zero-order valence-electron chi connectivity index (χ0n) is 15.3. The number of aromatic nitrogens is 3. The lowest BCUT2D eigenvalue weighted by atomic mass is 10.2. The highest BCUT2D eigenvalue weighted by molar-refractivity contribution is 5.96. The minimum atomic E-state index is -0.304. The first-order valence-electron chi connectivity index (χ1n) is 8.67. The maximum Gasteiger partial charge on any atom is 0.257 e. The summed E-state index contributed by atoms with van der Waals surface area (Å²) in [5.74, 6) is 0.678. The molecule has 0 fully saturated rings. The van der Waals surface area contributed by atoms with Crippen molar-refractivity contribution in [1.82, 2.24) is 20.3 Å². The van der Waals surface area contributed by atoms with Gasteiger partial charge in [0.2, 0.25) is 5.88 Å². The fourth-order valence-electron chi connectivity index (χ4n) is 2.56. The predicted octanol–water partition coefficient (Wildman–Crippen LogP) is 2.99. The molecule has 0 aliphatic carbocycles. The molecule has 1 atom stereocenters. The first-order chi connectivity index (χ1) is 13.2. The summed E-state index contributed by atoms with van der Waals surface area (Å²) in [6, 6.07) is 13.0. The number of carbonyl (C=O) groups is 1.